The van der Waals surface area contributed by atoms with E-state index in [1.807, 2.05) is 44.4 Å². The van der Waals surface area contributed by atoms with Gasteiger partial charge in [0.15, 0.2) is 34.7 Å². The van der Waals surface area contributed by atoms with Gasteiger partial charge in [-0.15, -0.1) is 0 Å². The number of fused-ring (bicyclic) bond motifs is 6. The average molecular weight is 1770 g/mol. The Morgan fingerprint density at radius 1 is 0.362 bits per heavy atom. The summed E-state index contributed by atoms with van der Waals surface area (Å²) >= 11 is 5.93. The molecular weight excluding hydrogens is 1630 g/mol. The van der Waals surface area contributed by atoms with Gasteiger partial charge in [0.1, 0.15) is 80.4 Å². The fourth-order valence-electron chi connectivity index (χ4n) is 15.9. The van der Waals surface area contributed by atoms with E-state index in [1.54, 1.807) is 18.5 Å². The van der Waals surface area contributed by atoms with Crippen molar-refractivity contribution in [3.05, 3.63) is 167 Å². The Labute approximate surface area is 749 Å². The number of anilines is 1. The Bertz CT molecular complexity index is 5170. The van der Waals surface area contributed by atoms with Gasteiger partial charge >= 0.3 is 0 Å². The third-order valence-electron chi connectivity index (χ3n) is 23.0. The van der Waals surface area contributed by atoms with E-state index in [1.165, 1.54) is 73.3 Å². The van der Waals surface area contributed by atoms with E-state index >= 15 is 0 Å². The molecule has 0 radical (unpaired) electrons. The molecule has 5 aromatic carbocycles. The second-order valence-corrected chi connectivity index (χ2v) is 34.1. The van der Waals surface area contributed by atoms with Crippen LogP contribution in [-0.2, 0) is 67.3 Å². The molecule has 0 unspecified atom stereocenters. The third-order valence-corrected chi connectivity index (χ3v) is 23.3. The number of aliphatic hydroxyl groups is 6. The van der Waals surface area contributed by atoms with Gasteiger partial charge in [0.25, 0.3) is 0 Å². The van der Waals surface area contributed by atoms with Crippen LogP contribution in [0.4, 0.5) is 10.1 Å². The van der Waals surface area contributed by atoms with Crippen LogP contribution in [0.1, 0.15) is 278 Å². The molecular formula is C99H134ClFN14O12. The minimum absolute atomic E-state index is 0.0435. The summed E-state index contributed by atoms with van der Waals surface area (Å²) < 4.78 is 18.0. The quantitative estimate of drug-likeness (QED) is 0.0158. The normalized spacial score (nSPS) is 12.5. The third kappa shape index (κ3) is 35.4. The van der Waals surface area contributed by atoms with Crippen molar-refractivity contribution < 1.29 is 63.8 Å². The Morgan fingerprint density at radius 3 is 1.06 bits per heavy atom. The minimum Gasteiger partial charge on any atom is -0.389 e. The molecule has 2 fully saturated rings. The number of nitrogens with zero attached hydrogens (tertiary/aromatic N) is 10. The first-order valence-electron chi connectivity index (χ1n) is 46.3. The smallest absolute Gasteiger partial charge is 0.158 e. The highest BCUT2D eigenvalue weighted by molar-refractivity contribution is 6.31. The van der Waals surface area contributed by atoms with Crippen molar-refractivity contribution in [2.45, 2.75) is 282 Å². The first-order chi connectivity index (χ1) is 61.8. The van der Waals surface area contributed by atoms with Gasteiger partial charge in [-0.2, -0.15) is 0 Å². The molecule has 0 amide bonds. The Morgan fingerprint density at radius 2 is 0.685 bits per heavy atom. The summed E-state index contributed by atoms with van der Waals surface area (Å²) in [5.74, 6) is 5.68. The Balaban J connectivity index is 0.000000172. The minimum atomic E-state index is -0.352. The van der Waals surface area contributed by atoms with Gasteiger partial charge in [0, 0.05) is 120 Å². The van der Waals surface area contributed by atoms with Gasteiger partial charge in [-0.1, -0.05) is 126 Å². The summed E-state index contributed by atoms with van der Waals surface area (Å²) in [6.45, 7) is -1.96. The average Bonchev–Trinajstić information content (AvgIpc) is 1.62. The molecule has 0 aliphatic heterocycles. The van der Waals surface area contributed by atoms with E-state index < -0.39 is 0 Å². The molecule has 7 heterocycles. The maximum atomic E-state index is 13.0. The Hall–Kier alpha value is -10.1. The number of ketones is 6. The predicted octanol–water partition coefficient (Wildman–Crippen LogP) is 18.4. The zero-order valence-electron chi connectivity index (χ0n) is 74.5. The van der Waals surface area contributed by atoms with Crippen LogP contribution in [0.15, 0.2) is 122 Å². The number of hydrogen-bond donors (Lipinski definition) is 10. The van der Waals surface area contributed by atoms with Gasteiger partial charge < -0.3 is 64.6 Å². The fraction of sp³-hybridized carbons (Fsp3) is 0.525. The number of pyridine rings is 1. The lowest BCUT2D eigenvalue weighted by Gasteiger charge is -2.16. The maximum absolute atomic E-state index is 13.0. The lowest BCUT2D eigenvalue weighted by molar-refractivity contribution is -0.122. The number of benzene rings is 5. The van der Waals surface area contributed by atoms with Crippen LogP contribution in [0.25, 0.3) is 66.2 Å². The lowest BCUT2D eigenvalue weighted by atomic mass is 10.1. The number of carbonyl (C=O) groups is 6. The lowest BCUT2D eigenvalue weighted by Crippen LogP contribution is -2.09. The number of aliphatic hydroxyl groups excluding tert-OH is 6. The molecule has 2 aliphatic carbocycles. The highest BCUT2D eigenvalue weighted by Crippen LogP contribution is 2.39. The van der Waals surface area contributed by atoms with E-state index in [4.69, 9.17) is 52.2 Å². The zero-order valence-corrected chi connectivity index (χ0v) is 75.3. The van der Waals surface area contributed by atoms with Crippen molar-refractivity contribution in [3.63, 3.8) is 0 Å². The highest BCUT2D eigenvalue weighted by Gasteiger charge is 2.28. The van der Waals surface area contributed by atoms with Crippen molar-refractivity contribution in [1.29, 1.82) is 0 Å². The largest absolute Gasteiger partial charge is 0.389 e. The van der Waals surface area contributed by atoms with Crippen molar-refractivity contribution in [1.82, 2.24) is 64.0 Å². The first-order valence-corrected chi connectivity index (χ1v) is 46.6. The van der Waals surface area contributed by atoms with Crippen LogP contribution >= 0.6 is 11.6 Å². The number of Topliss-reactive ketones (excluding diaryl/α,β-unsaturated/α-hetero) is 6. The molecule has 28 heteroatoms. The fourth-order valence-corrected chi connectivity index (χ4v) is 16.1. The van der Waals surface area contributed by atoms with E-state index in [-0.39, 0.29) is 80.2 Å². The molecule has 12 aromatic rings. The summed E-state index contributed by atoms with van der Waals surface area (Å²) in [5.41, 5.74) is 13.4. The van der Waals surface area contributed by atoms with Crippen LogP contribution < -0.4 is 4.90 Å². The molecule has 127 heavy (non-hydrogen) atoms. The topological polar surface area (TPSA) is 390 Å². The molecule has 26 nitrogen and oxygen atoms in total. The number of H-pyrrole nitrogens is 4. The van der Waals surface area contributed by atoms with Gasteiger partial charge in [-0.3, -0.25) is 33.8 Å². The second-order valence-electron chi connectivity index (χ2n) is 33.7. The van der Waals surface area contributed by atoms with Crippen LogP contribution in [0.2, 0.25) is 5.02 Å². The summed E-state index contributed by atoms with van der Waals surface area (Å²) in [7, 11) is 4.06. The van der Waals surface area contributed by atoms with Crippen molar-refractivity contribution in [2.24, 2.45) is 0 Å². The first kappa shape index (κ1) is 101. The van der Waals surface area contributed by atoms with Gasteiger partial charge in [-0.25, -0.2) is 34.3 Å². The maximum Gasteiger partial charge on any atom is 0.158 e. The van der Waals surface area contributed by atoms with Crippen molar-refractivity contribution in [2.75, 3.05) is 58.6 Å². The summed E-state index contributed by atoms with van der Waals surface area (Å²) in [5, 5.41) is 52.5. The molecule has 2 saturated carbocycles. The molecule has 10 N–H and O–H groups in total. The number of halogens is 2. The number of unbranched alkanes of at least 4 members (excludes halogenated alkanes) is 18. The van der Waals surface area contributed by atoms with E-state index in [2.05, 4.69) is 120 Å². The van der Waals surface area contributed by atoms with Gasteiger partial charge in [0.2, 0.25) is 0 Å². The molecule has 7 aromatic heterocycles. The molecule has 14 rings (SSSR count). The number of aromatic nitrogens is 13. The number of aryl methyl sites for hydroxylation is 6. The number of rotatable bonds is 51. The summed E-state index contributed by atoms with van der Waals surface area (Å²) in [6.07, 6.45) is 44.0. The summed E-state index contributed by atoms with van der Waals surface area (Å²) in [6, 6.07) is 36.5. The van der Waals surface area contributed by atoms with Crippen molar-refractivity contribution >= 4 is 118 Å². The molecule has 0 spiro atoms. The van der Waals surface area contributed by atoms with Gasteiger partial charge in [0.05, 0.1) is 72.4 Å². The number of hydrogen-bond acceptors (Lipinski definition) is 20. The molecule has 0 bridgehead atoms. The monoisotopic (exact) mass is 1760 g/mol. The van der Waals surface area contributed by atoms with Crippen LogP contribution in [0.3, 0.4) is 0 Å². The predicted molar refractivity (Wildman–Crippen MR) is 500 cm³/mol. The number of imidazole rings is 6. The SMILES string of the molecule is CN(C)c1ccc2nc(CCCCCCC(=O)CO)[nH]c2c1.O=C(CO)CCCCCCc1nc2ccc(Cl)cc2[nH]1.O=C(CO)CCCCCCc1nc2ccc(F)cc2[nH]1.O=C(CO)CCCCCCc1nc2ccccc2n1C1CC1.O=C(CO)CCCCCCc1nc2ccccc2n1C1CCCC1.O=C(CO)CCCCCCc1nc2ccncc2[nH]1. The molecule has 686 valence electrons. The van der Waals surface area contributed by atoms with Crippen molar-refractivity contribution in [3.8, 4) is 0 Å². The molecule has 2 aliphatic rings. The zero-order chi connectivity index (χ0) is 90.3. The number of para-hydroxylation sites is 4. The molecule has 0 saturated heterocycles. The highest BCUT2D eigenvalue weighted by atomic mass is 35.5. The van der Waals surface area contributed by atoms with E-state index in [9.17, 15) is 33.2 Å². The second kappa shape index (κ2) is 56.2. The molecule has 0 atom stereocenters. The number of carbonyl (C=O) groups excluding carboxylic acids is 6. The summed E-state index contributed by atoms with van der Waals surface area (Å²) in [4.78, 5) is 113. The van der Waals surface area contributed by atoms with Crippen LogP contribution in [0, 0.1) is 5.82 Å². The van der Waals surface area contributed by atoms with Gasteiger partial charge in [-0.05, 0) is 188 Å². The standard InChI is InChI=1S/C20H28N2O2.C18H24N2O2.C17H25N3O2.C15H19ClN2O2.C15H19FN2O2.C14H19N3O2/c23-15-17(24)11-3-1-2-4-14-20-21-18-12-7-8-13-19(18)22(20)16-9-5-6-10-16;21-13-15(22)7-3-1-2-4-10-18-19-16-8-5-6-9-17(16)20(18)14-11-12-14;1-20(2)13-9-10-15-16(11-13)19-17(18-15)8-6-4-3-5-7-14(22)12-21;2*16-11-7-8-13-14(9-11)18-15(17-13)6-4-2-1-3-5-12(20)10-19;18-10-11(19)5-3-1-2-4-6-14-16-12-7-8-15-9-13(12)17-14/h7-8,12-13,16,23H,1-6,9-11,14-15H2;5-6,8-9,14,21H,1-4,7,10-13H2;9-11,21H,3-8,12H2,1-2H3,(H,18,19);2*7-9,19H,1-6,10H2,(H,17,18);7-9,18H,1-6,10H2,(H,16,17). The number of nitrogens with one attached hydrogen (secondary N) is 4. The van der Waals surface area contributed by atoms with E-state index in [0.29, 0.717) is 55.6 Å². The Kier molecular flexibility index (Phi) is 44.6. The van der Waals surface area contributed by atoms with E-state index in [0.717, 1.165) is 277 Å². The van der Waals surface area contributed by atoms with Crippen LogP contribution in [0.5, 0.6) is 0 Å². The van der Waals surface area contributed by atoms with Crippen LogP contribution in [-0.4, -0.2) is 183 Å². The number of aromatic amines is 4.